The quantitative estimate of drug-likeness (QED) is 0.867. The molecule has 0 aromatic heterocycles. The fraction of sp³-hybridized carbons (Fsp3) is 0.211. The van der Waals surface area contributed by atoms with Crippen LogP contribution in [0.15, 0.2) is 48.5 Å². The third kappa shape index (κ3) is 3.68. The number of carbonyl (C=O) groups excluding carboxylic acids is 2. The molecular weight excluding hydrogens is 320 g/mol. The Morgan fingerprint density at radius 1 is 1.04 bits per heavy atom. The van der Waals surface area contributed by atoms with Gasteiger partial charge in [0, 0.05) is 12.2 Å². The third-order valence-corrected chi connectivity index (χ3v) is 4.22. The number of carbonyl (C=O) groups is 3. The maximum atomic E-state index is 12.4. The summed E-state index contributed by atoms with van der Waals surface area (Å²) in [5.74, 6) is -1.63. The topological polar surface area (TPSA) is 86.7 Å². The van der Waals surface area contributed by atoms with Gasteiger partial charge in [-0.1, -0.05) is 36.4 Å². The van der Waals surface area contributed by atoms with Crippen molar-refractivity contribution in [3.8, 4) is 0 Å². The zero-order valence-electron chi connectivity index (χ0n) is 13.6. The first kappa shape index (κ1) is 16.7. The van der Waals surface area contributed by atoms with Gasteiger partial charge in [0.05, 0.1) is 18.5 Å². The second-order valence-corrected chi connectivity index (χ2v) is 5.84. The van der Waals surface area contributed by atoms with Gasteiger partial charge in [-0.3, -0.25) is 9.59 Å². The number of aromatic carboxylic acids is 1. The normalized spacial score (nSPS) is 12.6. The molecule has 2 amide bonds. The van der Waals surface area contributed by atoms with Crippen molar-refractivity contribution >= 4 is 23.5 Å². The highest BCUT2D eigenvalue weighted by Gasteiger charge is 2.24. The van der Waals surface area contributed by atoms with E-state index in [0.29, 0.717) is 12.1 Å². The van der Waals surface area contributed by atoms with Crippen molar-refractivity contribution in [2.45, 2.75) is 12.8 Å². The molecular formula is C19H18N2O4. The number of hydrogen-bond acceptors (Lipinski definition) is 3. The van der Waals surface area contributed by atoms with Gasteiger partial charge < -0.3 is 15.3 Å². The number of carboxylic acids is 1. The molecule has 1 aliphatic heterocycles. The minimum Gasteiger partial charge on any atom is -0.478 e. The van der Waals surface area contributed by atoms with E-state index in [4.69, 9.17) is 5.11 Å². The largest absolute Gasteiger partial charge is 0.478 e. The van der Waals surface area contributed by atoms with E-state index < -0.39 is 5.97 Å². The lowest BCUT2D eigenvalue weighted by atomic mass is 10.0. The predicted molar refractivity (Wildman–Crippen MR) is 92.6 cm³/mol. The van der Waals surface area contributed by atoms with Crippen LogP contribution in [0.3, 0.4) is 0 Å². The number of carboxylic acid groups (broad SMARTS) is 1. The summed E-state index contributed by atoms with van der Waals surface area (Å²) in [5.41, 5.74) is 2.53. The molecule has 3 rings (SSSR count). The minimum absolute atomic E-state index is 0.0770. The molecule has 0 saturated carbocycles. The Hall–Kier alpha value is -3.15. The number of fused-ring (bicyclic) bond motifs is 1. The van der Waals surface area contributed by atoms with Crippen molar-refractivity contribution in [2.75, 3.05) is 18.0 Å². The Kier molecular flexibility index (Phi) is 4.79. The molecule has 0 bridgehead atoms. The molecule has 0 saturated heterocycles. The Morgan fingerprint density at radius 3 is 2.56 bits per heavy atom. The van der Waals surface area contributed by atoms with Gasteiger partial charge in [-0.25, -0.2) is 4.79 Å². The van der Waals surface area contributed by atoms with E-state index >= 15 is 0 Å². The number of amides is 2. The number of hydrogen-bond donors (Lipinski definition) is 2. The highest BCUT2D eigenvalue weighted by molar-refractivity contribution is 5.99. The number of para-hydroxylation sites is 1. The van der Waals surface area contributed by atoms with Gasteiger partial charge in [0.1, 0.15) is 0 Å². The first-order valence-electron chi connectivity index (χ1n) is 8.02. The lowest BCUT2D eigenvalue weighted by molar-refractivity contribution is -0.124. The average molecular weight is 338 g/mol. The summed E-state index contributed by atoms with van der Waals surface area (Å²) in [6.45, 7) is 0.498. The van der Waals surface area contributed by atoms with Gasteiger partial charge in [0.2, 0.25) is 11.8 Å². The van der Waals surface area contributed by atoms with Crippen LogP contribution in [0.1, 0.15) is 21.5 Å². The van der Waals surface area contributed by atoms with Gasteiger partial charge in [-0.05, 0) is 29.7 Å². The molecule has 128 valence electrons. The van der Waals surface area contributed by atoms with E-state index in [1.807, 2.05) is 24.3 Å². The maximum Gasteiger partial charge on any atom is 0.335 e. The highest BCUT2D eigenvalue weighted by atomic mass is 16.4. The summed E-state index contributed by atoms with van der Waals surface area (Å²) >= 11 is 0. The molecule has 0 spiro atoms. The summed E-state index contributed by atoms with van der Waals surface area (Å²) < 4.78 is 0. The third-order valence-electron chi connectivity index (χ3n) is 4.22. The molecule has 2 N–H and O–H groups in total. The molecule has 0 unspecified atom stereocenters. The molecule has 6 heteroatoms. The van der Waals surface area contributed by atoms with E-state index in [0.717, 1.165) is 17.7 Å². The van der Waals surface area contributed by atoms with Gasteiger partial charge in [-0.2, -0.15) is 0 Å². The second kappa shape index (κ2) is 7.17. The van der Waals surface area contributed by atoms with Crippen molar-refractivity contribution in [1.29, 1.82) is 0 Å². The van der Waals surface area contributed by atoms with Crippen molar-refractivity contribution in [3.63, 3.8) is 0 Å². The van der Waals surface area contributed by atoms with E-state index in [1.54, 1.807) is 23.1 Å². The molecule has 0 radical (unpaired) electrons. The molecule has 2 aromatic carbocycles. The van der Waals surface area contributed by atoms with Crippen LogP contribution in [0.4, 0.5) is 5.69 Å². The fourth-order valence-electron chi connectivity index (χ4n) is 2.99. The van der Waals surface area contributed by atoms with Crippen molar-refractivity contribution in [3.05, 3.63) is 65.2 Å². The summed E-state index contributed by atoms with van der Waals surface area (Å²) in [7, 11) is 0. The first-order chi connectivity index (χ1) is 12.1. The summed E-state index contributed by atoms with van der Waals surface area (Å²) in [4.78, 5) is 37.3. The zero-order chi connectivity index (χ0) is 17.8. The Morgan fingerprint density at radius 2 is 1.76 bits per heavy atom. The Balaban J connectivity index is 1.58. The van der Waals surface area contributed by atoms with Crippen LogP contribution in [0.2, 0.25) is 0 Å². The maximum absolute atomic E-state index is 12.4. The number of anilines is 1. The highest BCUT2D eigenvalue weighted by Crippen LogP contribution is 2.27. The minimum atomic E-state index is -1.08. The number of nitrogens with zero attached hydrogens (tertiary/aromatic N) is 1. The van der Waals surface area contributed by atoms with E-state index in [1.165, 1.54) is 6.07 Å². The number of benzene rings is 2. The number of nitrogens with one attached hydrogen (secondary N) is 1. The molecule has 0 aliphatic carbocycles. The van der Waals surface area contributed by atoms with Crippen molar-refractivity contribution < 1.29 is 19.5 Å². The van der Waals surface area contributed by atoms with E-state index in [2.05, 4.69) is 5.32 Å². The van der Waals surface area contributed by atoms with E-state index in [-0.39, 0.29) is 30.3 Å². The monoisotopic (exact) mass is 338 g/mol. The van der Waals surface area contributed by atoms with Crippen LogP contribution >= 0.6 is 0 Å². The van der Waals surface area contributed by atoms with Crippen molar-refractivity contribution in [1.82, 2.24) is 5.32 Å². The standard InChI is InChI=1S/C19H18N2O4/c22-17(11-14-6-1-3-7-15(14)19(24)25)20-12-18(23)21-10-9-13-5-2-4-8-16(13)21/h1-8H,9-12H2,(H,20,22)(H,24,25). The molecule has 6 nitrogen and oxygen atoms in total. The predicted octanol–water partition coefficient (Wildman–Crippen LogP) is 1.63. The summed E-state index contributed by atoms with van der Waals surface area (Å²) in [6, 6.07) is 14.1. The first-order valence-corrected chi connectivity index (χ1v) is 8.02. The van der Waals surface area contributed by atoms with Crippen molar-refractivity contribution in [2.24, 2.45) is 0 Å². The molecule has 0 atom stereocenters. The van der Waals surface area contributed by atoms with Gasteiger partial charge in [0.15, 0.2) is 0 Å². The van der Waals surface area contributed by atoms with E-state index in [9.17, 15) is 14.4 Å². The molecule has 1 heterocycles. The molecule has 0 fully saturated rings. The SMILES string of the molecule is O=C(Cc1ccccc1C(=O)O)NCC(=O)N1CCc2ccccc21. The lowest BCUT2D eigenvalue weighted by Gasteiger charge is -2.17. The molecule has 25 heavy (non-hydrogen) atoms. The van der Waals surface area contributed by atoms with Crippen LogP contribution < -0.4 is 10.2 Å². The Labute approximate surface area is 145 Å². The summed E-state index contributed by atoms with van der Waals surface area (Å²) in [6.07, 6.45) is 0.730. The van der Waals surface area contributed by atoms with Crippen LogP contribution in [0, 0.1) is 0 Å². The zero-order valence-corrected chi connectivity index (χ0v) is 13.6. The van der Waals surface area contributed by atoms with Crippen LogP contribution in [-0.2, 0) is 22.4 Å². The second-order valence-electron chi connectivity index (χ2n) is 5.84. The summed E-state index contributed by atoms with van der Waals surface area (Å²) in [5, 5.41) is 11.7. The number of rotatable bonds is 5. The van der Waals surface area contributed by atoms with Gasteiger partial charge >= 0.3 is 5.97 Å². The average Bonchev–Trinajstić information content (AvgIpc) is 3.04. The van der Waals surface area contributed by atoms with Crippen LogP contribution in [0.5, 0.6) is 0 Å². The van der Waals surface area contributed by atoms with Crippen LogP contribution in [0.25, 0.3) is 0 Å². The van der Waals surface area contributed by atoms with Gasteiger partial charge in [-0.15, -0.1) is 0 Å². The van der Waals surface area contributed by atoms with Gasteiger partial charge in [0.25, 0.3) is 0 Å². The smallest absolute Gasteiger partial charge is 0.335 e. The lowest BCUT2D eigenvalue weighted by Crippen LogP contribution is -2.40. The van der Waals surface area contributed by atoms with Crippen LogP contribution in [-0.4, -0.2) is 36.0 Å². The molecule has 2 aromatic rings. The molecule has 1 aliphatic rings. The Bertz CT molecular complexity index is 832. The fourth-order valence-corrected chi connectivity index (χ4v) is 2.99.